The first-order chi connectivity index (χ1) is 7.71. The first kappa shape index (κ1) is 9.78. The summed E-state index contributed by atoms with van der Waals surface area (Å²) in [6.07, 6.45) is 5.82. The monoisotopic (exact) mass is 219 g/mol. The van der Waals surface area contributed by atoms with Gasteiger partial charge in [0.25, 0.3) is 0 Å². The molecule has 0 atom stereocenters. The van der Waals surface area contributed by atoms with Crippen LogP contribution in [0, 0.1) is 0 Å². The Morgan fingerprint density at radius 3 is 2.94 bits per heavy atom. The molecule has 1 aliphatic carbocycles. The van der Waals surface area contributed by atoms with Crippen molar-refractivity contribution < 1.29 is 14.6 Å². The molecule has 1 spiro atoms. The molecule has 0 bridgehead atoms. The van der Waals surface area contributed by atoms with E-state index in [1.165, 1.54) is 0 Å². The van der Waals surface area contributed by atoms with Crippen LogP contribution in [0.25, 0.3) is 0 Å². The summed E-state index contributed by atoms with van der Waals surface area (Å²) in [5.74, 6) is -0.256. The van der Waals surface area contributed by atoms with Crippen LogP contribution in [-0.4, -0.2) is 22.2 Å². The number of ether oxygens (including phenoxy) is 1. The molecule has 0 unspecified atom stereocenters. The number of carbonyl (C=O) groups is 1. The summed E-state index contributed by atoms with van der Waals surface area (Å²) < 4.78 is 5.52. The third kappa shape index (κ3) is 1.26. The zero-order valence-corrected chi connectivity index (χ0v) is 8.85. The van der Waals surface area contributed by atoms with Crippen molar-refractivity contribution in [3.05, 3.63) is 29.6 Å². The summed E-state index contributed by atoms with van der Waals surface area (Å²) in [6.45, 7) is 0. The second-order valence-electron chi connectivity index (χ2n) is 4.54. The first-order valence-corrected chi connectivity index (χ1v) is 5.57. The Labute approximate surface area is 93.3 Å². The minimum Gasteiger partial charge on any atom is -0.450 e. The van der Waals surface area contributed by atoms with Gasteiger partial charge in [-0.2, -0.15) is 0 Å². The lowest BCUT2D eigenvalue weighted by Gasteiger charge is -2.34. The van der Waals surface area contributed by atoms with Gasteiger partial charge in [0, 0.05) is 18.0 Å². The Hall–Kier alpha value is -1.42. The number of pyridine rings is 1. The highest BCUT2D eigenvalue weighted by Crippen LogP contribution is 2.46. The molecule has 1 aliphatic heterocycles. The van der Waals surface area contributed by atoms with Crippen molar-refractivity contribution in [2.24, 2.45) is 0 Å². The lowest BCUT2D eigenvalue weighted by atomic mass is 9.79. The van der Waals surface area contributed by atoms with Crippen LogP contribution < -0.4 is 0 Å². The van der Waals surface area contributed by atoms with Crippen LogP contribution >= 0.6 is 0 Å². The number of nitrogens with zero attached hydrogens (tertiary/aromatic N) is 1. The maximum Gasteiger partial charge on any atom is 0.339 e. The molecular weight excluding hydrogens is 206 g/mol. The Bertz CT molecular complexity index is 436. The molecule has 1 aromatic heterocycles. The zero-order chi connectivity index (χ0) is 11.2. The molecule has 1 N–H and O–H groups in total. The van der Waals surface area contributed by atoms with Crippen LogP contribution in [0.3, 0.4) is 0 Å². The van der Waals surface area contributed by atoms with Gasteiger partial charge in [-0.1, -0.05) is 0 Å². The number of hydrogen-bond donors (Lipinski definition) is 1. The third-order valence-electron chi connectivity index (χ3n) is 3.58. The summed E-state index contributed by atoms with van der Waals surface area (Å²) in [4.78, 5) is 15.8. The second kappa shape index (κ2) is 3.28. The fourth-order valence-corrected chi connectivity index (χ4v) is 2.66. The van der Waals surface area contributed by atoms with Gasteiger partial charge in [-0.05, 0) is 31.7 Å². The van der Waals surface area contributed by atoms with Crippen LogP contribution in [0.2, 0.25) is 0 Å². The topological polar surface area (TPSA) is 59.4 Å². The van der Waals surface area contributed by atoms with Crippen LogP contribution in [-0.2, 0) is 10.3 Å². The van der Waals surface area contributed by atoms with Crippen molar-refractivity contribution in [3.63, 3.8) is 0 Å². The van der Waals surface area contributed by atoms with E-state index in [0.717, 1.165) is 5.56 Å². The van der Waals surface area contributed by atoms with E-state index in [1.54, 1.807) is 18.5 Å². The number of esters is 1. The van der Waals surface area contributed by atoms with E-state index in [9.17, 15) is 9.90 Å². The van der Waals surface area contributed by atoms with Gasteiger partial charge in [0.05, 0.1) is 11.7 Å². The number of carbonyl (C=O) groups excluding carboxylic acids is 1. The van der Waals surface area contributed by atoms with E-state index in [2.05, 4.69) is 4.98 Å². The van der Waals surface area contributed by atoms with E-state index in [4.69, 9.17) is 4.74 Å². The lowest BCUT2D eigenvalue weighted by Crippen LogP contribution is -2.33. The Balaban J connectivity index is 2.02. The number of rotatable bonds is 0. The van der Waals surface area contributed by atoms with Crippen molar-refractivity contribution in [2.75, 3.05) is 0 Å². The molecule has 2 heterocycles. The van der Waals surface area contributed by atoms with Gasteiger partial charge in [-0.3, -0.25) is 4.98 Å². The third-order valence-corrected chi connectivity index (χ3v) is 3.58. The molecule has 0 saturated heterocycles. The molecule has 84 valence electrons. The van der Waals surface area contributed by atoms with Gasteiger partial charge in [0.15, 0.2) is 0 Å². The van der Waals surface area contributed by atoms with Crippen LogP contribution in [0.5, 0.6) is 0 Å². The van der Waals surface area contributed by atoms with Crippen LogP contribution in [0.4, 0.5) is 0 Å². The average Bonchev–Trinajstić information content (AvgIpc) is 2.58. The second-order valence-corrected chi connectivity index (χ2v) is 4.54. The van der Waals surface area contributed by atoms with E-state index >= 15 is 0 Å². The summed E-state index contributed by atoms with van der Waals surface area (Å²) >= 11 is 0. The number of hydrogen-bond acceptors (Lipinski definition) is 4. The molecule has 0 aromatic carbocycles. The molecule has 3 rings (SSSR count). The van der Waals surface area contributed by atoms with Gasteiger partial charge in [-0.25, -0.2) is 4.79 Å². The Kier molecular flexibility index (Phi) is 2.01. The SMILES string of the molecule is O=C1OC2(CCC(O)CC2)c2cnccc21. The molecule has 2 aliphatic rings. The predicted molar refractivity (Wildman–Crippen MR) is 55.8 cm³/mol. The van der Waals surface area contributed by atoms with Crippen molar-refractivity contribution >= 4 is 5.97 Å². The van der Waals surface area contributed by atoms with Crippen LogP contribution in [0.1, 0.15) is 41.6 Å². The quantitative estimate of drug-likeness (QED) is 0.670. The normalized spacial score (nSPS) is 32.6. The van der Waals surface area contributed by atoms with Gasteiger partial charge in [0.1, 0.15) is 5.60 Å². The number of aromatic nitrogens is 1. The predicted octanol–water partition coefficient (Wildman–Crippen LogP) is 1.38. The van der Waals surface area contributed by atoms with Gasteiger partial charge >= 0.3 is 5.97 Å². The molecule has 0 radical (unpaired) electrons. The summed E-state index contributed by atoms with van der Waals surface area (Å²) in [7, 11) is 0. The molecule has 4 nitrogen and oxygen atoms in total. The molecule has 16 heavy (non-hydrogen) atoms. The summed E-state index contributed by atoms with van der Waals surface area (Å²) in [6, 6.07) is 1.71. The van der Waals surface area contributed by atoms with Crippen molar-refractivity contribution in [1.29, 1.82) is 0 Å². The smallest absolute Gasteiger partial charge is 0.339 e. The maximum atomic E-state index is 11.7. The first-order valence-electron chi connectivity index (χ1n) is 5.57. The number of aliphatic hydroxyl groups is 1. The Morgan fingerprint density at radius 1 is 1.44 bits per heavy atom. The molecular formula is C12H13NO3. The number of fused-ring (bicyclic) bond motifs is 2. The maximum absolute atomic E-state index is 11.7. The molecule has 1 aromatic rings. The zero-order valence-electron chi connectivity index (χ0n) is 8.85. The van der Waals surface area contributed by atoms with E-state index < -0.39 is 5.60 Å². The van der Waals surface area contributed by atoms with Gasteiger partial charge in [0.2, 0.25) is 0 Å². The summed E-state index contributed by atoms with van der Waals surface area (Å²) in [5, 5.41) is 9.51. The largest absolute Gasteiger partial charge is 0.450 e. The van der Waals surface area contributed by atoms with E-state index in [0.29, 0.717) is 31.2 Å². The average molecular weight is 219 g/mol. The highest BCUT2D eigenvalue weighted by atomic mass is 16.6. The highest BCUT2D eigenvalue weighted by Gasteiger charge is 2.47. The minimum atomic E-state index is -0.514. The Morgan fingerprint density at radius 2 is 2.19 bits per heavy atom. The van der Waals surface area contributed by atoms with E-state index in [1.807, 2.05) is 0 Å². The van der Waals surface area contributed by atoms with Crippen molar-refractivity contribution in [1.82, 2.24) is 4.98 Å². The standard InChI is InChI=1S/C12H13NO3/c14-8-1-4-12(5-2-8)10-7-13-6-3-9(10)11(15)16-12/h3,6-8,14H,1-2,4-5H2. The molecule has 0 amide bonds. The summed E-state index contributed by atoms with van der Waals surface area (Å²) in [5.41, 5.74) is 1.01. The van der Waals surface area contributed by atoms with Crippen molar-refractivity contribution in [3.8, 4) is 0 Å². The van der Waals surface area contributed by atoms with Gasteiger partial charge in [-0.15, -0.1) is 0 Å². The van der Waals surface area contributed by atoms with Gasteiger partial charge < -0.3 is 9.84 Å². The van der Waals surface area contributed by atoms with E-state index in [-0.39, 0.29) is 12.1 Å². The fraction of sp³-hybridized carbons (Fsp3) is 0.500. The highest BCUT2D eigenvalue weighted by molar-refractivity contribution is 5.94. The van der Waals surface area contributed by atoms with Crippen LogP contribution in [0.15, 0.2) is 18.5 Å². The molecule has 1 fully saturated rings. The molecule has 4 heteroatoms. The molecule has 1 saturated carbocycles. The lowest BCUT2D eigenvalue weighted by molar-refractivity contribution is -0.0495. The minimum absolute atomic E-state index is 0.256. The van der Waals surface area contributed by atoms with Crippen molar-refractivity contribution in [2.45, 2.75) is 37.4 Å². The number of aliphatic hydroxyl groups excluding tert-OH is 1. The fourth-order valence-electron chi connectivity index (χ4n) is 2.66.